The van der Waals surface area contributed by atoms with E-state index in [2.05, 4.69) is 0 Å². The standard InChI is InChI=1S/C5H8N2O4/c8-5(9)4-2-1-3-6(4)7(10)11/h4H,1-3H2,(H,8,9)/t4-/m1/s1. The number of carboxylic acid groups (broad SMARTS) is 1. The van der Waals surface area contributed by atoms with Crippen molar-refractivity contribution < 1.29 is 14.9 Å². The van der Waals surface area contributed by atoms with Gasteiger partial charge in [0.1, 0.15) is 0 Å². The molecule has 0 aromatic carbocycles. The third-order valence-corrected chi connectivity index (χ3v) is 1.72. The van der Waals surface area contributed by atoms with Gasteiger partial charge in [-0.3, -0.25) is 0 Å². The van der Waals surface area contributed by atoms with Gasteiger partial charge in [0.25, 0.3) is 0 Å². The van der Waals surface area contributed by atoms with Crippen LogP contribution in [0.25, 0.3) is 0 Å². The summed E-state index contributed by atoms with van der Waals surface area (Å²) in [4.78, 5) is 20.6. The van der Waals surface area contributed by atoms with E-state index >= 15 is 0 Å². The van der Waals surface area contributed by atoms with Crippen LogP contribution in [0.4, 0.5) is 0 Å². The monoisotopic (exact) mass is 160 g/mol. The first-order chi connectivity index (χ1) is 5.13. The second-order valence-electron chi connectivity index (χ2n) is 2.40. The van der Waals surface area contributed by atoms with Gasteiger partial charge in [-0.1, -0.05) is 0 Å². The zero-order valence-corrected chi connectivity index (χ0v) is 5.77. The molecule has 1 aliphatic rings. The lowest BCUT2D eigenvalue weighted by Crippen LogP contribution is -2.39. The van der Waals surface area contributed by atoms with Crippen molar-refractivity contribution in [3.8, 4) is 0 Å². The maximum atomic E-state index is 10.4. The lowest BCUT2D eigenvalue weighted by molar-refractivity contribution is -0.656. The summed E-state index contributed by atoms with van der Waals surface area (Å²) in [6.45, 7) is 0.240. The van der Waals surface area contributed by atoms with Gasteiger partial charge < -0.3 is 5.11 Å². The zero-order chi connectivity index (χ0) is 8.43. The Hall–Kier alpha value is -1.33. The van der Waals surface area contributed by atoms with E-state index in [1.54, 1.807) is 0 Å². The number of nitrogens with zero attached hydrogens (tertiary/aromatic N) is 2. The van der Waals surface area contributed by atoms with Crippen molar-refractivity contribution in [3.63, 3.8) is 0 Å². The molecule has 0 amide bonds. The number of aliphatic carboxylic acids is 1. The van der Waals surface area contributed by atoms with Crippen molar-refractivity contribution in [2.45, 2.75) is 18.9 Å². The molecule has 62 valence electrons. The van der Waals surface area contributed by atoms with Gasteiger partial charge in [-0.25, -0.2) is 14.9 Å². The summed E-state index contributed by atoms with van der Waals surface area (Å²) >= 11 is 0. The van der Waals surface area contributed by atoms with Crippen LogP contribution in [-0.2, 0) is 4.79 Å². The van der Waals surface area contributed by atoms with E-state index in [0.717, 1.165) is 5.01 Å². The molecule has 0 aromatic heterocycles. The van der Waals surface area contributed by atoms with Crippen molar-refractivity contribution in [1.29, 1.82) is 0 Å². The Morgan fingerprint density at radius 1 is 1.73 bits per heavy atom. The minimum atomic E-state index is -1.11. The number of carbonyl (C=O) groups is 1. The maximum absolute atomic E-state index is 10.4. The first-order valence-electron chi connectivity index (χ1n) is 3.26. The summed E-state index contributed by atoms with van der Waals surface area (Å²) in [5, 5.41) is 18.8. The van der Waals surface area contributed by atoms with Crippen LogP contribution in [0.1, 0.15) is 12.8 Å². The van der Waals surface area contributed by atoms with E-state index in [4.69, 9.17) is 5.11 Å². The number of rotatable bonds is 2. The molecule has 0 saturated carbocycles. The molecule has 6 heteroatoms. The molecule has 1 fully saturated rings. The van der Waals surface area contributed by atoms with E-state index in [0.29, 0.717) is 12.8 Å². The maximum Gasteiger partial charge on any atom is 0.332 e. The second kappa shape index (κ2) is 2.73. The van der Waals surface area contributed by atoms with Crippen molar-refractivity contribution in [3.05, 3.63) is 10.1 Å². The lowest BCUT2D eigenvalue weighted by Gasteiger charge is -2.11. The fourth-order valence-electron chi connectivity index (χ4n) is 1.20. The largest absolute Gasteiger partial charge is 0.480 e. The molecule has 0 spiro atoms. The van der Waals surface area contributed by atoms with Gasteiger partial charge >= 0.3 is 5.97 Å². The van der Waals surface area contributed by atoms with E-state index in [1.165, 1.54) is 0 Å². The summed E-state index contributed by atoms with van der Waals surface area (Å²) in [5.41, 5.74) is 0. The zero-order valence-electron chi connectivity index (χ0n) is 5.77. The van der Waals surface area contributed by atoms with Gasteiger partial charge in [-0.2, -0.15) is 0 Å². The molecule has 0 aromatic rings. The molecule has 0 unspecified atom stereocenters. The Labute approximate surface area is 62.5 Å². The van der Waals surface area contributed by atoms with Gasteiger partial charge in [0.15, 0.2) is 11.1 Å². The van der Waals surface area contributed by atoms with Crippen LogP contribution in [0.5, 0.6) is 0 Å². The van der Waals surface area contributed by atoms with Gasteiger partial charge in [-0.15, -0.1) is 5.01 Å². The molecular weight excluding hydrogens is 152 g/mol. The summed E-state index contributed by atoms with van der Waals surface area (Å²) in [5.74, 6) is -1.11. The fourth-order valence-corrected chi connectivity index (χ4v) is 1.20. The molecule has 0 aliphatic carbocycles. The SMILES string of the molecule is O=C(O)[C@H]1CCCN1[N+](=O)[O-]. The van der Waals surface area contributed by atoms with Crippen molar-refractivity contribution in [2.75, 3.05) is 6.54 Å². The van der Waals surface area contributed by atoms with Gasteiger partial charge in [-0.05, 0) is 12.8 Å². The molecule has 1 aliphatic heterocycles. The van der Waals surface area contributed by atoms with Crippen molar-refractivity contribution in [1.82, 2.24) is 5.01 Å². The fraction of sp³-hybridized carbons (Fsp3) is 0.800. The average Bonchev–Trinajstić information content (AvgIpc) is 2.32. The molecule has 0 bridgehead atoms. The Balaban J connectivity index is 2.65. The summed E-state index contributed by atoms with van der Waals surface area (Å²) in [6.07, 6.45) is 0.953. The molecule has 1 rings (SSSR count). The van der Waals surface area contributed by atoms with E-state index in [-0.39, 0.29) is 6.54 Å². The van der Waals surface area contributed by atoms with Crippen LogP contribution in [0.3, 0.4) is 0 Å². The van der Waals surface area contributed by atoms with E-state index < -0.39 is 17.0 Å². The van der Waals surface area contributed by atoms with Crippen LogP contribution in [0, 0.1) is 10.1 Å². The highest BCUT2D eigenvalue weighted by Crippen LogP contribution is 2.16. The van der Waals surface area contributed by atoms with Gasteiger partial charge in [0.05, 0.1) is 6.54 Å². The van der Waals surface area contributed by atoms with Gasteiger partial charge in [0.2, 0.25) is 0 Å². The third-order valence-electron chi connectivity index (χ3n) is 1.72. The Bertz CT molecular complexity index is 173. The number of hydrogen-bond acceptors (Lipinski definition) is 3. The predicted octanol–water partition coefficient (Wildman–Crippen LogP) is -0.273. The highest BCUT2D eigenvalue weighted by Gasteiger charge is 2.37. The van der Waals surface area contributed by atoms with Crippen LogP contribution in [0.2, 0.25) is 0 Å². The van der Waals surface area contributed by atoms with Crippen molar-refractivity contribution >= 4 is 5.97 Å². The minimum absolute atomic E-state index is 0.240. The van der Waals surface area contributed by atoms with E-state index in [9.17, 15) is 14.9 Å². The van der Waals surface area contributed by atoms with Crippen LogP contribution in [-0.4, -0.2) is 33.7 Å². The highest BCUT2D eigenvalue weighted by atomic mass is 16.7. The van der Waals surface area contributed by atoms with E-state index in [1.807, 2.05) is 0 Å². The molecule has 11 heavy (non-hydrogen) atoms. The quantitative estimate of drug-likeness (QED) is 0.444. The number of nitro groups is 1. The Morgan fingerprint density at radius 3 is 2.73 bits per heavy atom. The number of hydrazine groups is 1. The molecule has 1 saturated heterocycles. The normalized spacial score (nSPS) is 23.6. The molecule has 1 heterocycles. The second-order valence-corrected chi connectivity index (χ2v) is 2.40. The summed E-state index contributed by atoms with van der Waals surface area (Å²) in [6, 6.07) is -0.926. The first-order valence-corrected chi connectivity index (χ1v) is 3.26. The average molecular weight is 160 g/mol. The molecule has 0 radical (unpaired) electrons. The topological polar surface area (TPSA) is 83.7 Å². The van der Waals surface area contributed by atoms with Gasteiger partial charge in [0, 0.05) is 0 Å². The molecule has 1 atom stereocenters. The number of hydrogen-bond donors (Lipinski definition) is 1. The highest BCUT2D eigenvalue weighted by molar-refractivity contribution is 5.73. The Morgan fingerprint density at radius 2 is 2.36 bits per heavy atom. The van der Waals surface area contributed by atoms with Crippen LogP contribution in [0.15, 0.2) is 0 Å². The Kier molecular flexibility index (Phi) is 1.93. The molecular formula is C5H8N2O4. The molecule has 6 nitrogen and oxygen atoms in total. The first kappa shape index (κ1) is 7.77. The smallest absolute Gasteiger partial charge is 0.332 e. The van der Waals surface area contributed by atoms with Crippen molar-refractivity contribution in [2.24, 2.45) is 0 Å². The summed E-state index contributed by atoms with van der Waals surface area (Å²) in [7, 11) is 0. The summed E-state index contributed by atoms with van der Waals surface area (Å²) < 4.78 is 0. The lowest BCUT2D eigenvalue weighted by atomic mass is 10.2. The molecule has 1 N–H and O–H groups in total. The van der Waals surface area contributed by atoms with Crippen LogP contribution >= 0.6 is 0 Å². The minimum Gasteiger partial charge on any atom is -0.480 e. The predicted molar refractivity (Wildman–Crippen MR) is 34.4 cm³/mol. The third kappa shape index (κ3) is 1.39. The number of carboxylic acids is 1. The van der Waals surface area contributed by atoms with Crippen LogP contribution < -0.4 is 0 Å².